The number of ether oxygens (including phenoxy) is 1. The molecule has 0 amide bonds. The van der Waals surface area contributed by atoms with Gasteiger partial charge in [0.1, 0.15) is 5.82 Å². The lowest BCUT2D eigenvalue weighted by Crippen LogP contribution is -2.48. The topological polar surface area (TPSA) is 69.2 Å². The van der Waals surface area contributed by atoms with E-state index in [2.05, 4.69) is 20.6 Å². The van der Waals surface area contributed by atoms with Crippen molar-refractivity contribution < 1.29 is 13.5 Å². The molecule has 1 unspecified atom stereocenters. The molecule has 30 heavy (non-hydrogen) atoms. The highest BCUT2D eigenvalue weighted by atomic mass is 19.3. The molecule has 2 bridgehead atoms. The summed E-state index contributed by atoms with van der Waals surface area (Å²) in [5, 5.41) is 4.97. The molecule has 6 aliphatic rings. The highest BCUT2D eigenvalue weighted by Crippen LogP contribution is 2.86. The number of fused-ring (bicyclic) bond motifs is 1. The molecule has 3 saturated heterocycles. The summed E-state index contributed by atoms with van der Waals surface area (Å²) in [6, 6.07) is 5.22. The molecule has 3 aliphatic carbocycles. The van der Waals surface area contributed by atoms with Crippen molar-refractivity contribution in [1.29, 1.82) is 0 Å². The molecule has 2 N–H and O–H groups in total. The summed E-state index contributed by atoms with van der Waals surface area (Å²) in [6.07, 6.45) is 3.69. The molecule has 3 saturated carbocycles. The molecule has 6 fully saturated rings. The van der Waals surface area contributed by atoms with Crippen LogP contribution in [0.3, 0.4) is 0 Å². The fourth-order valence-corrected chi connectivity index (χ4v) is 6.73. The fourth-order valence-electron chi connectivity index (χ4n) is 6.73. The first-order valence-corrected chi connectivity index (χ1v) is 11.1. The largest absolute Gasteiger partial charge is 0.383 e. The summed E-state index contributed by atoms with van der Waals surface area (Å²) in [7, 11) is 0. The minimum Gasteiger partial charge on any atom is -0.383 e. The standard InChI is InChI=1S/C22H25F2N5O/c23-20(24)14-5-11(7-26-21(14)25)16-6-17(29(27-16)12-3-1-2-4-12)22-15-8-28(13-9-30-10-13)19(22)18(15)22/h5-7,12-13,15,18-20H,1-4,8-10H2,(H2,25,26)/t15-,18-,19?,22-/m1/s1. The molecule has 8 heteroatoms. The van der Waals surface area contributed by atoms with E-state index in [0.717, 1.165) is 44.2 Å². The van der Waals surface area contributed by atoms with Gasteiger partial charge in [0, 0.05) is 35.5 Å². The number of piperidine rings is 1. The Morgan fingerprint density at radius 2 is 1.97 bits per heavy atom. The van der Waals surface area contributed by atoms with Gasteiger partial charge >= 0.3 is 0 Å². The quantitative estimate of drug-likeness (QED) is 0.816. The van der Waals surface area contributed by atoms with Crippen LogP contribution in [0, 0.1) is 11.8 Å². The molecule has 158 valence electrons. The van der Waals surface area contributed by atoms with Crippen LogP contribution in [0.5, 0.6) is 0 Å². The second kappa shape index (κ2) is 5.79. The zero-order valence-corrected chi connectivity index (χ0v) is 16.7. The zero-order chi connectivity index (χ0) is 20.2. The van der Waals surface area contributed by atoms with Crippen LogP contribution < -0.4 is 5.73 Å². The van der Waals surface area contributed by atoms with Crippen molar-refractivity contribution in [2.24, 2.45) is 11.8 Å². The van der Waals surface area contributed by atoms with E-state index < -0.39 is 6.43 Å². The monoisotopic (exact) mass is 413 g/mol. The number of nitrogens with zero attached hydrogens (tertiary/aromatic N) is 4. The van der Waals surface area contributed by atoms with Gasteiger partial charge in [-0.3, -0.25) is 9.58 Å². The number of alkyl halides is 2. The van der Waals surface area contributed by atoms with Gasteiger partial charge < -0.3 is 10.5 Å². The number of hydrogen-bond acceptors (Lipinski definition) is 5. The van der Waals surface area contributed by atoms with E-state index in [1.165, 1.54) is 24.6 Å². The van der Waals surface area contributed by atoms with Crippen molar-refractivity contribution >= 4 is 5.82 Å². The van der Waals surface area contributed by atoms with Crippen LogP contribution in [0.1, 0.15) is 49.4 Å². The van der Waals surface area contributed by atoms with E-state index in [0.29, 0.717) is 29.6 Å². The predicted octanol–water partition coefficient (Wildman–Crippen LogP) is 3.16. The number of halogens is 2. The average molecular weight is 413 g/mol. The molecule has 2 aromatic heterocycles. The van der Waals surface area contributed by atoms with Crippen molar-refractivity contribution in [2.75, 3.05) is 25.5 Å². The maximum absolute atomic E-state index is 13.4. The molecule has 0 spiro atoms. The van der Waals surface area contributed by atoms with Crippen LogP contribution in [0.4, 0.5) is 14.6 Å². The zero-order valence-electron chi connectivity index (χ0n) is 16.7. The van der Waals surface area contributed by atoms with Gasteiger partial charge in [0.2, 0.25) is 0 Å². The normalized spacial score (nSPS) is 35.1. The Kier molecular flexibility index (Phi) is 3.40. The van der Waals surface area contributed by atoms with Crippen LogP contribution in [0.15, 0.2) is 18.3 Å². The lowest BCUT2D eigenvalue weighted by Gasteiger charge is -2.34. The number of pyridine rings is 1. The van der Waals surface area contributed by atoms with E-state index in [1.807, 2.05) is 0 Å². The molecule has 0 radical (unpaired) electrons. The molecule has 4 atom stereocenters. The number of nitrogens with two attached hydrogens (primary N) is 1. The summed E-state index contributed by atoms with van der Waals surface area (Å²) in [5.74, 6) is 1.35. The number of hydrogen-bond donors (Lipinski definition) is 1. The number of anilines is 1. The first kappa shape index (κ1) is 17.6. The van der Waals surface area contributed by atoms with E-state index >= 15 is 0 Å². The van der Waals surface area contributed by atoms with Crippen molar-refractivity contribution in [3.8, 4) is 11.3 Å². The Labute approximate surface area is 173 Å². The van der Waals surface area contributed by atoms with Crippen molar-refractivity contribution in [3.05, 3.63) is 29.6 Å². The van der Waals surface area contributed by atoms with E-state index in [1.54, 1.807) is 6.20 Å². The minimum atomic E-state index is -2.64. The van der Waals surface area contributed by atoms with Gasteiger partial charge in [0.05, 0.1) is 36.6 Å². The highest BCUT2D eigenvalue weighted by Gasteiger charge is 2.94. The van der Waals surface area contributed by atoms with Crippen LogP contribution in [0.2, 0.25) is 0 Å². The maximum Gasteiger partial charge on any atom is 0.267 e. The van der Waals surface area contributed by atoms with E-state index in [9.17, 15) is 8.78 Å². The summed E-state index contributed by atoms with van der Waals surface area (Å²) in [4.78, 5) is 6.68. The Morgan fingerprint density at radius 1 is 1.17 bits per heavy atom. The SMILES string of the molecule is Nc1ncc(-c2cc([C@@]34C5[C@H]3[C@H]4CN5C3COC3)n(C3CCCC3)n2)cc1C(F)F. The Morgan fingerprint density at radius 3 is 2.63 bits per heavy atom. The van der Waals surface area contributed by atoms with Gasteiger partial charge in [-0.2, -0.15) is 5.10 Å². The Bertz CT molecular complexity index is 1020. The smallest absolute Gasteiger partial charge is 0.267 e. The molecular weight excluding hydrogens is 388 g/mol. The molecule has 5 heterocycles. The summed E-state index contributed by atoms with van der Waals surface area (Å²) >= 11 is 0. The number of aromatic nitrogens is 3. The molecule has 6 nitrogen and oxygen atoms in total. The number of rotatable bonds is 5. The summed E-state index contributed by atoms with van der Waals surface area (Å²) in [6.45, 7) is 2.87. The molecule has 8 rings (SSSR count). The highest BCUT2D eigenvalue weighted by molar-refractivity contribution is 5.65. The van der Waals surface area contributed by atoms with Crippen molar-refractivity contribution in [2.45, 2.75) is 55.6 Å². The molecular formula is C22H25F2N5O. The van der Waals surface area contributed by atoms with Gasteiger partial charge in [-0.15, -0.1) is 0 Å². The van der Waals surface area contributed by atoms with Gasteiger partial charge in [-0.1, -0.05) is 12.8 Å². The van der Waals surface area contributed by atoms with Crippen molar-refractivity contribution in [3.63, 3.8) is 0 Å². The second-order valence-corrected chi connectivity index (χ2v) is 9.70. The third kappa shape index (κ3) is 2.09. The minimum absolute atomic E-state index is 0.108. The van der Waals surface area contributed by atoms with Crippen LogP contribution in [-0.4, -0.2) is 51.5 Å². The summed E-state index contributed by atoms with van der Waals surface area (Å²) < 4.78 is 34.4. The maximum atomic E-state index is 13.4. The van der Waals surface area contributed by atoms with Crippen molar-refractivity contribution in [1.82, 2.24) is 19.7 Å². The van der Waals surface area contributed by atoms with Gasteiger partial charge in [-0.05, 0) is 36.8 Å². The van der Waals surface area contributed by atoms with Crippen LogP contribution >= 0.6 is 0 Å². The lowest BCUT2D eigenvalue weighted by atomic mass is 10.0. The first-order chi connectivity index (χ1) is 14.6. The average Bonchev–Trinajstić information content (AvgIpc) is 3.19. The molecule has 2 aromatic rings. The third-order valence-electron chi connectivity index (χ3n) is 8.39. The third-order valence-corrected chi connectivity index (χ3v) is 8.39. The number of nitrogen functional groups attached to an aromatic ring is 1. The Hall–Kier alpha value is -2.06. The second-order valence-electron chi connectivity index (χ2n) is 9.70. The molecule has 3 aliphatic heterocycles. The van der Waals surface area contributed by atoms with Crippen LogP contribution in [-0.2, 0) is 10.2 Å². The van der Waals surface area contributed by atoms with Crippen LogP contribution in [0.25, 0.3) is 11.3 Å². The van der Waals surface area contributed by atoms with E-state index in [4.69, 9.17) is 15.6 Å². The first-order valence-electron chi connectivity index (χ1n) is 11.1. The molecule has 0 aromatic carbocycles. The predicted molar refractivity (Wildman–Crippen MR) is 106 cm³/mol. The van der Waals surface area contributed by atoms with Gasteiger partial charge in [0.15, 0.2) is 0 Å². The van der Waals surface area contributed by atoms with Gasteiger partial charge in [0.25, 0.3) is 6.43 Å². The summed E-state index contributed by atoms with van der Waals surface area (Å²) in [5.41, 5.74) is 8.38. The van der Waals surface area contributed by atoms with E-state index in [-0.39, 0.29) is 16.8 Å². The van der Waals surface area contributed by atoms with Gasteiger partial charge in [-0.25, -0.2) is 13.8 Å². The Balaban J connectivity index is 1.29. The fraction of sp³-hybridized carbons (Fsp3) is 0.636. The lowest BCUT2D eigenvalue weighted by molar-refractivity contribution is -0.0601.